The van der Waals surface area contributed by atoms with Crippen molar-refractivity contribution < 1.29 is 46.5 Å². The molecule has 0 aromatic carbocycles. The van der Waals surface area contributed by atoms with E-state index in [2.05, 4.69) is 66.8 Å². The molecular formula is C18H26Cl2SiTi. The summed E-state index contributed by atoms with van der Waals surface area (Å²) in [6.45, 7) is 18.6. The summed E-state index contributed by atoms with van der Waals surface area (Å²) < 4.78 is 0. The van der Waals surface area contributed by atoms with Crippen molar-refractivity contribution in [3.63, 3.8) is 0 Å². The molecule has 0 aromatic rings. The Kier molecular flexibility index (Phi) is 9.59. The summed E-state index contributed by atoms with van der Waals surface area (Å²) >= 11 is 0. The van der Waals surface area contributed by atoms with Gasteiger partial charge in [0.15, 0.2) is 0 Å². The second-order valence-electron chi connectivity index (χ2n) is 6.68. The van der Waals surface area contributed by atoms with Crippen molar-refractivity contribution in [2.75, 3.05) is 0 Å². The number of halogens is 2. The second kappa shape index (κ2) is 8.53. The summed E-state index contributed by atoms with van der Waals surface area (Å²) in [6.07, 6.45) is 7.23. The molecule has 4 heteroatoms. The van der Waals surface area contributed by atoms with E-state index in [9.17, 15) is 0 Å². The monoisotopic (exact) mass is 388 g/mol. The van der Waals surface area contributed by atoms with E-state index in [1.54, 1.807) is 10.4 Å². The van der Waals surface area contributed by atoms with Gasteiger partial charge >= 0.3 is 21.7 Å². The van der Waals surface area contributed by atoms with Crippen LogP contribution in [0.1, 0.15) is 41.5 Å². The van der Waals surface area contributed by atoms with Crippen molar-refractivity contribution in [3.05, 3.63) is 44.8 Å². The van der Waals surface area contributed by atoms with Gasteiger partial charge in [-0.15, -0.1) is 13.8 Å². The molecule has 2 rings (SSSR count). The molecule has 0 fully saturated rings. The Labute approximate surface area is 165 Å². The van der Waals surface area contributed by atoms with Crippen molar-refractivity contribution in [2.45, 2.75) is 54.6 Å². The number of rotatable bonds is 2. The molecule has 0 saturated heterocycles. The maximum absolute atomic E-state index is 3.61. The van der Waals surface area contributed by atoms with Crippen LogP contribution >= 0.6 is 0 Å². The molecule has 0 bridgehead atoms. The predicted octanol–water partition coefficient (Wildman–Crippen LogP) is -0.790. The molecule has 2 atom stereocenters. The zero-order valence-electron chi connectivity index (χ0n) is 14.9. The Bertz CT molecular complexity index is 505. The predicted molar refractivity (Wildman–Crippen MR) is 86.1 cm³/mol. The van der Waals surface area contributed by atoms with Crippen molar-refractivity contribution in [2.24, 2.45) is 11.8 Å². The first-order chi connectivity index (χ1) is 8.67. The van der Waals surface area contributed by atoms with Gasteiger partial charge in [0.1, 0.15) is 0 Å². The van der Waals surface area contributed by atoms with Crippen LogP contribution in [0.4, 0.5) is 0 Å². The Morgan fingerprint density at radius 3 is 1.18 bits per heavy atom. The third-order valence-corrected chi connectivity index (χ3v) is 9.32. The minimum atomic E-state index is -1.58. The average molecular weight is 389 g/mol. The van der Waals surface area contributed by atoms with Crippen molar-refractivity contribution in [1.82, 2.24) is 0 Å². The molecule has 120 valence electrons. The van der Waals surface area contributed by atoms with Crippen LogP contribution in [0.15, 0.2) is 32.7 Å². The number of hydrogen-bond donors (Lipinski definition) is 0. The van der Waals surface area contributed by atoms with Crippen molar-refractivity contribution >= 4 is 8.07 Å². The van der Waals surface area contributed by atoms with Gasteiger partial charge in [-0.1, -0.05) is 52.6 Å². The molecular weight excluding hydrogens is 363 g/mol. The number of allylic oxidation sites excluding steroid dienone is 8. The molecule has 0 radical (unpaired) electrons. The van der Waals surface area contributed by atoms with Crippen LogP contribution in [0.3, 0.4) is 0 Å². The normalized spacial score (nSPS) is 24.4. The van der Waals surface area contributed by atoms with Crippen LogP contribution in [0.25, 0.3) is 0 Å². The molecule has 0 nitrogen and oxygen atoms in total. The third kappa shape index (κ3) is 3.92. The fourth-order valence-electron chi connectivity index (χ4n) is 4.23. The quantitative estimate of drug-likeness (QED) is 0.429. The first kappa shape index (κ1) is 24.7. The van der Waals surface area contributed by atoms with Crippen LogP contribution in [0, 0.1) is 24.0 Å². The van der Waals surface area contributed by atoms with E-state index in [1.807, 2.05) is 0 Å². The first-order valence-electron chi connectivity index (χ1n) is 7.31. The summed E-state index contributed by atoms with van der Waals surface area (Å²) in [4.78, 5) is 0. The van der Waals surface area contributed by atoms with E-state index in [4.69, 9.17) is 0 Å². The molecule has 2 aliphatic rings. The molecule has 0 aliphatic heterocycles. The van der Waals surface area contributed by atoms with E-state index in [-0.39, 0.29) is 46.5 Å². The molecule has 2 aliphatic carbocycles. The van der Waals surface area contributed by atoms with Crippen LogP contribution in [0.2, 0.25) is 13.1 Å². The van der Waals surface area contributed by atoms with Gasteiger partial charge in [0, 0.05) is 0 Å². The van der Waals surface area contributed by atoms with Crippen molar-refractivity contribution in [3.8, 4) is 0 Å². The van der Waals surface area contributed by atoms with Crippen LogP contribution < -0.4 is 24.8 Å². The molecule has 0 aromatic heterocycles. The fraction of sp³-hybridized carbons (Fsp3) is 0.556. The Hall–Kier alpha value is 0.471. The SMILES string of the molecule is CC1=[C-]C(C)C([Si](C)(C)C2=C(C)C(C)=[C-]C2C)=C1C.[Cl-].[Cl-].[Ti+4]. The standard InChI is InChI=1S/C18H26Si.2ClH.Ti/c1-11-9-13(3)17(15(11)5)19(7,8)18-14(4)10-12(2)16(18)6;;;/h13-14H,1-8H3;2*1H;/q-2;;;+4/p-2. The van der Waals surface area contributed by atoms with E-state index in [0.717, 1.165) is 0 Å². The molecule has 22 heavy (non-hydrogen) atoms. The zero-order chi connectivity index (χ0) is 14.5. The third-order valence-electron chi connectivity index (χ3n) is 5.01. The number of hydrogen-bond acceptors (Lipinski definition) is 0. The summed E-state index contributed by atoms with van der Waals surface area (Å²) in [5, 5.41) is 3.37. The molecule has 0 amide bonds. The van der Waals surface area contributed by atoms with Gasteiger partial charge in [-0.2, -0.15) is 10.4 Å². The zero-order valence-corrected chi connectivity index (χ0v) is 19.0. The molecule has 0 spiro atoms. The summed E-state index contributed by atoms with van der Waals surface area (Å²) in [5.74, 6) is 0.991. The minimum Gasteiger partial charge on any atom is -1.00 e. The Morgan fingerprint density at radius 1 is 0.727 bits per heavy atom. The van der Waals surface area contributed by atoms with Gasteiger partial charge in [-0.05, 0) is 0 Å². The Morgan fingerprint density at radius 2 is 1.00 bits per heavy atom. The topological polar surface area (TPSA) is 0 Å². The second-order valence-corrected chi connectivity index (χ2v) is 11.0. The fourth-order valence-corrected chi connectivity index (χ4v) is 9.08. The average Bonchev–Trinajstić information content (AvgIpc) is 2.66. The maximum atomic E-state index is 3.61. The molecule has 0 saturated carbocycles. The van der Waals surface area contributed by atoms with Gasteiger partial charge in [0.2, 0.25) is 0 Å². The summed E-state index contributed by atoms with van der Waals surface area (Å²) in [7, 11) is -1.58. The van der Waals surface area contributed by atoms with Crippen LogP contribution in [-0.4, -0.2) is 8.07 Å². The van der Waals surface area contributed by atoms with Crippen LogP contribution in [0.5, 0.6) is 0 Å². The van der Waals surface area contributed by atoms with Crippen LogP contribution in [-0.2, 0) is 21.7 Å². The van der Waals surface area contributed by atoms with E-state index in [0.29, 0.717) is 11.8 Å². The summed E-state index contributed by atoms with van der Waals surface area (Å²) in [6, 6.07) is 0. The van der Waals surface area contributed by atoms with Gasteiger partial charge in [-0.3, -0.25) is 12.2 Å². The minimum absolute atomic E-state index is 0. The molecule has 0 heterocycles. The van der Waals surface area contributed by atoms with E-state index < -0.39 is 8.07 Å². The van der Waals surface area contributed by atoms with Crippen molar-refractivity contribution in [1.29, 1.82) is 0 Å². The molecule has 2 unspecified atom stereocenters. The van der Waals surface area contributed by atoms with Gasteiger partial charge in [-0.25, -0.2) is 22.3 Å². The smallest absolute Gasteiger partial charge is 1.00 e. The van der Waals surface area contributed by atoms with E-state index in [1.165, 1.54) is 22.3 Å². The van der Waals surface area contributed by atoms with Gasteiger partial charge < -0.3 is 24.8 Å². The Balaban J connectivity index is 0. The largest absolute Gasteiger partial charge is 4.00 e. The van der Waals surface area contributed by atoms with E-state index >= 15 is 0 Å². The maximum Gasteiger partial charge on any atom is 4.00 e. The van der Waals surface area contributed by atoms with Gasteiger partial charge in [0.05, 0.1) is 8.07 Å². The molecule has 0 N–H and O–H groups in total. The first-order valence-corrected chi connectivity index (χ1v) is 10.3. The summed E-state index contributed by atoms with van der Waals surface area (Å²) in [5.41, 5.74) is 5.73. The van der Waals surface area contributed by atoms with Gasteiger partial charge in [0.25, 0.3) is 0 Å².